The Morgan fingerprint density at radius 3 is 2.37 bits per heavy atom. The van der Waals surface area contributed by atoms with Gasteiger partial charge in [-0.25, -0.2) is 4.79 Å². The number of carbonyl (C=O) groups excluding carboxylic acids is 2. The summed E-state index contributed by atoms with van der Waals surface area (Å²) in [5, 5.41) is 5.13. The van der Waals surface area contributed by atoms with Gasteiger partial charge < -0.3 is 15.4 Å². The highest BCUT2D eigenvalue weighted by Crippen LogP contribution is 2.07. The Labute approximate surface area is 112 Å². The van der Waals surface area contributed by atoms with Gasteiger partial charge in [0.2, 0.25) is 5.91 Å². The van der Waals surface area contributed by atoms with E-state index >= 15 is 0 Å². The van der Waals surface area contributed by atoms with Crippen LogP contribution in [0.15, 0.2) is 24.5 Å². The van der Waals surface area contributed by atoms with Gasteiger partial charge in [0.05, 0.1) is 0 Å². The number of ether oxygens (including phenoxy) is 1. The summed E-state index contributed by atoms with van der Waals surface area (Å²) in [5.74, 6) is -0.322. The van der Waals surface area contributed by atoms with Crippen LogP contribution in [0, 0.1) is 0 Å². The molecular weight excluding hydrogens is 246 g/mol. The maximum Gasteiger partial charge on any atom is 0.408 e. The smallest absolute Gasteiger partial charge is 0.408 e. The minimum atomic E-state index is -0.692. The normalized spacial score (nSPS) is 12.4. The van der Waals surface area contributed by atoms with Gasteiger partial charge in [-0.05, 0) is 39.8 Å². The van der Waals surface area contributed by atoms with E-state index in [-0.39, 0.29) is 5.91 Å². The highest BCUT2D eigenvalue weighted by Gasteiger charge is 2.20. The highest BCUT2D eigenvalue weighted by molar-refractivity contribution is 5.96. The van der Waals surface area contributed by atoms with Gasteiger partial charge in [0.15, 0.2) is 0 Å². The zero-order chi connectivity index (χ0) is 14.5. The first-order valence-corrected chi connectivity index (χ1v) is 5.98. The molecule has 1 unspecified atom stereocenters. The summed E-state index contributed by atoms with van der Waals surface area (Å²) in [6, 6.07) is 2.64. The molecule has 0 aromatic carbocycles. The first-order valence-electron chi connectivity index (χ1n) is 5.98. The number of carbonyl (C=O) groups is 2. The van der Waals surface area contributed by atoms with E-state index in [1.54, 1.807) is 52.2 Å². The summed E-state index contributed by atoms with van der Waals surface area (Å²) < 4.78 is 5.07. The second kappa shape index (κ2) is 6.17. The average molecular weight is 265 g/mol. The van der Waals surface area contributed by atoms with Crippen molar-refractivity contribution in [2.75, 3.05) is 5.32 Å². The molecule has 1 atom stereocenters. The molecule has 0 spiro atoms. The molecule has 2 amide bonds. The number of alkyl carbamates (subject to hydrolysis) is 1. The molecular formula is C13H19N3O3. The molecule has 1 heterocycles. The van der Waals surface area contributed by atoms with Gasteiger partial charge >= 0.3 is 6.09 Å². The van der Waals surface area contributed by atoms with E-state index in [1.807, 2.05) is 0 Å². The van der Waals surface area contributed by atoms with E-state index in [0.717, 1.165) is 0 Å². The number of aromatic nitrogens is 1. The average Bonchev–Trinajstić information content (AvgIpc) is 2.27. The van der Waals surface area contributed by atoms with Crippen molar-refractivity contribution in [2.24, 2.45) is 0 Å². The predicted octanol–water partition coefficient (Wildman–Crippen LogP) is 1.93. The molecule has 6 nitrogen and oxygen atoms in total. The van der Waals surface area contributed by atoms with Crippen molar-refractivity contribution in [3.63, 3.8) is 0 Å². The Kier molecular flexibility index (Phi) is 4.86. The summed E-state index contributed by atoms with van der Waals surface area (Å²) in [6.07, 6.45) is 2.52. The number of pyridine rings is 1. The second-order valence-electron chi connectivity index (χ2n) is 5.09. The molecule has 0 fully saturated rings. The standard InChI is InChI=1S/C13H19N3O3/c1-9(15-12(18)19-13(2,3)4)11(17)16-10-5-7-14-8-6-10/h5-9H,1-4H3,(H,15,18)(H,14,16,17). The van der Waals surface area contributed by atoms with Crippen LogP contribution in [0.4, 0.5) is 10.5 Å². The van der Waals surface area contributed by atoms with Crippen molar-refractivity contribution >= 4 is 17.7 Å². The monoisotopic (exact) mass is 265 g/mol. The van der Waals surface area contributed by atoms with E-state index in [2.05, 4.69) is 15.6 Å². The fraction of sp³-hybridized carbons (Fsp3) is 0.462. The largest absolute Gasteiger partial charge is 0.444 e. The van der Waals surface area contributed by atoms with Crippen LogP contribution in [0.3, 0.4) is 0 Å². The molecule has 0 saturated heterocycles. The Morgan fingerprint density at radius 2 is 1.84 bits per heavy atom. The molecule has 6 heteroatoms. The van der Waals surface area contributed by atoms with Crippen LogP contribution >= 0.6 is 0 Å². The number of rotatable bonds is 3. The summed E-state index contributed by atoms with van der Waals surface area (Å²) in [7, 11) is 0. The second-order valence-corrected chi connectivity index (χ2v) is 5.09. The van der Waals surface area contributed by atoms with Crippen molar-refractivity contribution in [1.29, 1.82) is 0 Å². The third-order valence-corrected chi connectivity index (χ3v) is 2.07. The van der Waals surface area contributed by atoms with Crippen LogP contribution in [-0.2, 0) is 9.53 Å². The molecule has 1 rings (SSSR count). The molecule has 1 aromatic rings. The number of hydrogen-bond donors (Lipinski definition) is 2. The van der Waals surface area contributed by atoms with E-state index in [4.69, 9.17) is 4.74 Å². The van der Waals surface area contributed by atoms with Gasteiger partial charge in [-0.15, -0.1) is 0 Å². The lowest BCUT2D eigenvalue weighted by Crippen LogP contribution is -2.43. The third kappa shape index (κ3) is 5.85. The molecule has 0 radical (unpaired) electrons. The van der Waals surface area contributed by atoms with Crippen molar-refractivity contribution in [2.45, 2.75) is 39.3 Å². The first-order chi connectivity index (χ1) is 8.78. The fourth-order valence-electron chi connectivity index (χ4n) is 1.24. The Morgan fingerprint density at radius 1 is 1.26 bits per heavy atom. The minimum Gasteiger partial charge on any atom is -0.444 e. The molecule has 104 valence electrons. The fourth-order valence-corrected chi connectivity index (χ4v) is 1.24. The zero-order valence-corrected chi connectivity index (χ0v) is 11.6. The van der Waals surface area contributed by atoms with Gasteiger partial charge in [0.1, 0.15) is 11.6 Å². The number of hydrogen-bond acceptors (Lipinski definition) is 4. The van der Waals surface area contributed by atoms with E-state index in [0.29, 0.717) is 5.69 Å². The molecule has 0 bridgehead atoms. The Bertz CT molecular complexity index is 440. The molecule has 19 heavy (non-hydrogen) atoms. The van der Waals surface area contributed by atoms with Gasteiger partial charge in [0, 0.05) is 18.1 Å². The molecule has 0 aliphatic rings. The first kappa shape index (κ1) is 14.9. The maximum absolute atomic E-state index is 11.8. The Balaban J connectivity index is 2.47. The lowest BCUT2D eigenvalue weighted by molar-refractivity contribution is -0.117. The zero-order valence-electron chi connectivity index (χ0n) is 11.6. The highest BCUT2D eigenvalue weighted by atomic mass is 16.6. The molecule has 0 saturated carbocycles. The SMILES string of the molecule is CC(NC(=O)OC(C)(C)C)C(=O)Nc1ccncc1. The Hall–Kier alpha value is -2.11. The topological polar surface area (TPSA) is 80.3 Å². The molecule has 2 N–H and O–H groups in total. The van der Waals surface area contributed by atoms with Gasteiger partial charge in [-0.3, -0.25) is 9.78 Å². The minimum absolute atomic E-state index is 0.322. The van der Waals surface area contributed by atoms with Gasteiger partial charge in [0.25, 0.3) is 0 Å². The molecule has 1 aromatic heterocycles. The quantitative estimate of drug-likeness (QED) is 0.875. The lowest BCUT2D eigenvalue weighted by Gasteiger charge is -2.21. The number of amides is 2. The summed E-state index contributed by atoms with van der Waals surface area (Å²) in [6.45, 7) is 6.86. The van der Waals surface area contributed by atoms with E-state index < -0.39 is 17.7 Å². The predicted molar refractivity (Wildman–Crippen MR) is 71.7 cm³/mol. The third-order valence-electron chi connectivity index (χ3n) is 2.07. The van der Waals surface area contributed by atoms with Crippen LogP contribution in [-0.4, -0.2) is 28.6 Å². The summed E-state index contributed by atoms with van der Waals surface area (Å²) >= 11 is 0. The van der Waals surface area contributed by atoms with Crippen molar-refractivity contribution in [3.05, 3.63) is 24.5 Å². The van der Waals surface area contributed by atoms with Crippen LogP contribution in [0.2, 0.25) is 0 Å². The maximum atomic E-state index is 11.8. The summed E-state index contributed by atoms with van der Waals surface area (Å²) in [4.78, 5) is 27.2. The van der Waals surface area contributed by atoms with E-state index in [1.165, 1.54) is 0 Å². The molecule has 0 aliphatic carbocycles. The molecule has 0 aliphatic heterocycles. The van der Waals surface area contributed by atoms with Crippen LogP contribution < -0.4 is 10.6 Å². The van der Waals surface area contributed by atoms with Crippen LogP contribution in [0.25, 0.3) is 0 Å². The number of anilines is 1. The van der Waals surface area contributed by atoms with Crippen LogP contribution in [0.1, 0.15) is 27.7 Å². The van der Waals surface area contributed by atoms with Crippen LogP contribution in [0.5, 0.6) is 0 Å². The van der Waals surface area contributed by atoms with E-state index in [9.17, 15) is 9.59 Å². The number of nitrogens with one attached hydrogen (secondary N) is 2. The lowest BCUT2D eigenvalue weighted by atomic mass is 10.2. The van der Waals surface area contributed by atoms with Crippen molar-refractivity contribution < 1.29 is 14.3 Å². The van der Waals surface area contributed by atoms with Crippen molar-refractivity contribution in [3.8, 4) is 0 Å². The van der Waals surface area contributed by atoms with Gasteiger partial charge in [-0.2, -0.15) is 0 Å². The van der Waals surface area contributed by atoms with Gasteiger partial charge in [-0.1, -0.05) is 0 Å². The number of nitrogens with zero attached hydrogens (tertiary/aromatic N) is 1. The van der Waals surface area contributed by atoms with Crippen molar-refractivity contribution in [1.82, 2.24) is 10.3 Å². The summed E-state index contributed by atoms with van der Waals surface area (Å²) in [5.41, 5.74) is 0.0311.